The van der Waals surface area contributed by atoms with E-state index < -0.39 is 9.84 Å². The van der Waals surface area contributed by atoms with Crippen molar-refractivity contribution in [2.45, 2.75) is 32.2 Å². The number of para-hydroxylation sites is 1. The second-order valence-electron chi connectivity index (χ2n) is 7.86. The Kier molecular flexibility index (Phi) is 5.91. The molecule has 1 atom stereocenters. The van der Waals surface area contributed by atoms with Crippen LogP contribution in [-0.2, 0) is 9.84 Å². The fourth-order valence-corrected chi connectivity index (χ4v) is 5.76. The van der Waals surface area contributed by atoms with Crippen LogP contribution < -0.4 is 5.56 Å². The molecule has 1 fully saturated rings. The van der Waals surface area contributed by atoms with Gasteiger partial charge < -0.3 is 4.90 Å². The van der Waals surface area contributed by atoms with Gasteiger partial charge in [-0.25, -0.2) is 8.42 Å². The molecule has 7 nitrogen and oxygen atoms in total. The highest BCUT2D eigenvalue weighted by Gasteiger charge is 2.36. The fraction of sp³-hybridized carbons (Fsp3) is 0.348. The molecule has 2 heterocycles. The highest BCUT2D eigenvalue weighted by molar-refractivity contribution is 7.91. The second kappa shape index (κ2) is 8.63. The van der Waals surface area contributed by atoms with Gasteiger partial charge in [-0.15, -0.1) is 0 Å². The predicted molar refractivity (Wildman–Crippen MR) is 120 cm³/mol. The van der Waals surface area contributed by atoms with E-state index in [0.29, 0.717) is 29.4 Å². The molecule has 1 unspecified atom stereocenters. The molecule has 8 heteroatoms. The summed E-state index contributed by atoms with van der Waals surface area (Å²) in [4.78, 5) is 28.4. The van der Waals surface area contributed by atoms with Crippen molar-refractivity contribution in [3.05, 3.63) is 70.6 Å². The molecule has 0 radical (unpaired) electrons. The van der Waals surface area contributed by atoms with E-state index in [9.17, 15) is 18.0 Å². The molecule has 2 aromatic carbocycles. The summed E-state index contributed by atoms with van der Waals surface area (Å²) in [6.45, 7) is 2.48. The quantitative estimate of drug-likeness (QED) is 0.589. The Hall–Kier alpha value is -3.00. The third kappa shape index (κ3) is 4.25. The van der Waals surface area contributed by atoms with E-state index in [-0.39, 0.29) is 34.7 Å². The molecule has 0 N–H and O–H groups in total. The van der Waals surface area contributed by atoms with Crippen LogP contribution in [0.3, 0.4) is 0 Å². The molecule has 1 saturated heterocycles. The summed E-state index contributed by atoms with van der Waals surface area (Å²) in [6.07, 6.45) is 2.06. The Bertz CT molecular complexity index is 1270. The first-order valence-corrected chi connectivity index (χ1v) is 12.3. The maximum absolute atomic E-state index is 13.7. The summed E-state index contributed by atoms with van der Waals surface area (Å²) in [5.41, 5.74) is 0.428. The van der Waals surface area contributed by atoms with E-state index >= 15 is 0 Å². The van der Waals surface area contributed by atoms with E-state index in [1.807, 2.05) is 13.0 Å². The number of nitrogens with zero attached hydrogens (tertiary/aromatic N) is 3. The number of unbranched alkanes of at least 4 members (excludes halogenated alkanes) is 1. The lowest BCUT2D eigenvalue weighted by molar-refractivity contribution is 0.0688. The van der Waals surface area contributed by atoms with Crippen molar-refractivity contribution in [3.63, 3.8) is 0 Å². The van der Waals surface area contributed by atoms with Gasteiger partial charge in [-0.1, -0.05) is 49.7 Å². The van der Waals surface area contributed by atoms with E-state index in [4.69, 9.17) is 0 Å². The smallest absolute Gasteiger partial charge is 0.279 e. The molecule has 31 heavy (non-hydrogen) atoms. The molecule has 1 amide bonds. The van der Waals surface area contributed by atoms with Crippen LogP contribution in [-0.4, -0.2) is 53.1 Å². The maximum atomic E-state index is 13.7. The van der Waals surface area contributed by atoms with Crippen molar-refractivity contribution < 1.29 is 13.2 Å². The number of hydrogen-bond acceptors (Lipinski definition) is 5. The molecule has 0 saturated carbocycles. The van der Waals surface area contributed by atoms with Crippen LogP contribution in [0, 0.1) is 0 Å². The number of carbonyl (C=O) groups is 1. The Balaban J connectivity index is 1.86. The maximum Gasteiger partial charge on any atom is 0.279 e. The molecule has 1 aliphatic rings. The molecule has 1 aliphatic heterocycles. The third-order valence-corrected chi connectivity index (χ3v) is 7.42. The van der Waals surface area contributed by atoms with Crippen LogP contribution in [0.2, 0.25) is 0 Å². The number of sulfone groups is 1. The van der Waals surface area contributed by atoms with E-state index in [0.717, 1.165) is 12.8 Å². The third-order valence-electron chi connectivity index (χ3n) is 5.67. The molecule has 3 aromatic rings. The number of rotatable bonds is 6. The summed E-state index contributed by atoms with van der Waals surface area (Å²) in [5.74, 6) is -0.277. The molecule has 0 aliphatic carbocycles. The van der Waals surface area contributed by atoms with Gasteiger partial charge in [0.15, 0.2) is 15.5 Å². The van der Waals surface area contributed by atoms with Gasteiger partial charge in [-0.3, -0.25) is 9.59 Å². The molecule has 162 valence electrons. The number of benzene rings is 2. The van der Waals surface area contributed by atoms with Gasteiger partial charge in [0.2, 0.25) is 0 Å². The summed E-state index contributed by atoms with van der Waals surface area (Å²) in [6, 6.07) is 15.5. The summed E-state index contributed by atoms with van der Waals surface area (Å²) < 4.78 is 25.4. The van der Waals surface area contributed by atoms with Gasteiger partial charge in [0.05, 0.1) is 22.6 Å². The number of aromatic nitrogens is 2. The minimum Gasteiger partial charge on any atom is -0.333 e. The lowest BCUT2D eigenvalue weighted by Gasteiger charge is -2.28. The molecular formula is C23H25N3O4S. The summed E-state index contributed by atoms with van der Waals surface area (Å²) >= 11 is 0. The SMILES string of the molecule is CCCCN(C(=O)c1nn(-c2ccccc2)c(=O)c2ccccc12)C1CCS(=O)(=O)C1. The standard InChI is InChI=1S/C23H25N3O4S/c1-2-3-14-25(18-13-15-31(29,30)16-18)23(28)21-19-11-7-8-12-20(19)22(27)26(24-21)17-9-5-4-6-10-17/h4-12,18H,2-3,13-16H2,1H3. The van der Waals surface area contributed by atoms with Crippen molar-refractivity contribution in [2.75, 3.05) is 18.1 Å². The number of fused-ring (bicyclic) bond motifs is 1. The topological polar surface area (TPSA) is 89.3 Å². The first-order valence-electron chi connectivity index (χ1n) is 10.5. The predicted octanol–water partition coefficient (Wildman–Crippen LogP) is 2.82. The van der Waals surface area contributed by atoms with Gasteiger partial charge in [0.25, 0.3) is 11.5 Å². The van der Waals surface area contributed by atoms with E-state index in [1.165, 1.54) is 4.68 Å². The minimum atomic E-state index is -3.15. The lowest BCUT2D eigenvalue weighted by Crippen LogP contribution is -2.43. The first kappa shape index (κ1) is 21.2. The van der Waals surface area contributed by atoms with Crippen LogP contribution in [0.15, 0.2) is 59.4 Å². The van der Waals surface area contributed by atoms with Crippen LogP contribution in [0.1, 0.15) is 36.7 Å². The van der Waals surface area contributed by atoms with Gasteiger partial charge in [-0.2, -0.15) is 9.78 Å². The monoisotopic (exact) mass is 439 g/mol. The lowest BCUT2D eigenvalue weighted by atomic mass is 10.1. The summed E-state index contributed by atoms with van der Waals surface area (Å²) in [5, 5.41) is 5.35. The molecular weight excluding hydrogens is 414 g/mol. The number of carbonyl (C=O) groups excluding carboxylic acids is 1. The van der Waals surface area contributed by atoms with Crippen molar-refractivity contribution in [3.8, 4) is 5.69 Å². The summed E-state index contributed by atoms with van der Waals surface area (Å²) in [7, 11) is -3.15. The van der Waals surface area contributed by atoms with Gasteiger partial charge in [0, 0.05) is 18.0 Å². The molecule has 0 bridgehead atoms. The zero-order valence-electron chi connectivity index (χ0n) is 17.4. The zero-order chi connectivity index (χ0) is 22.0. The van der Waals surface area contributed by atoms with Crippen LogP contribution in [0.5, 0.6) is 0 Å². The highest BCUT2D eigenvalue weighted by Crippen LogP contribution is 2.23. The average Bonchev–Trinajstić information content (AvgIpc) is 3.14. The second-order valence-corrected chi connectivity index (χ2v) is 10.1. The van der Waals surface area contributed by atoms with Crippen molar-refractivity contribution >= 4 is 26.5 Å². The molecule has 0 spiro atoms. The van der Waals surface area contributed by atoms with Crippen molar-refractivity contribution in [1.29, 1.82) is 0 Å². The number of amides is 1. The Labute approximate surface area is 181 Å². The Morgan fingerprint density at radius 2 is 1.77 bits per heavy atom. The van der Waals surface area contributed by atoms with Crippen molar-refractivity contribution in [2.24, 2.45) is 0 Å². The van der Waals surface area contributed by atoms with Crippen LogP contribution >= 0.6 is 0 Å². The molecule has 1 aromatic heterocycles. The fourth-order valence-electron chi connectivity index (χ4n) is 4.03. The zero-order valence-corrected chi connectivity index (χ0v) is 18.2. The first-order chi connectivity index (χ1) is 14.9. The average molecular weight is 440 g/mol. The largest absolute Gasteiger partial charge is 0.333 e. The van der Waals surface area contributed by atoms with E-state index in [2.05, 4.69) is 5.10 Å². The Morgan fingerprint density at radius 3 is 2.42 bits per heavy atom. The number of hydrogen-bond donors (Lipinski definition) is 0. The minimum absolute atomic E-state index is 0.0291. The Morgan fingerprint density at radius 1 is 1.10 bits per heavy atom. The van der Waals surface area contributed by atoms with Crippen LogP contribution in [0.25, 0.3) is 16.5 Å². The van der Waals surface area contributed by atoms with Gasteiger partial charge in [-0.05, 0) is 31.0 Å². The van der Waals surface area contributed by atoms with E-state index in [1.54, 1.807) is 53.4 Å². The van der Waals surface area contributed by atoms with Gasteiger partial charge >= 0.3 is 0 Å². The van der Waals surface area contributed by atoms with Crippen molar-refractivity contribution in [1.82, 2.24) is 14.7 Å². The van der Waals surface area contributed by atoms with Gasteiger partial charge in [0.1, 0.15) is 0 Å². The van der Waals surface area contributed by atoms with Crippen LogP contribution in [0.4, 0.5) is 0 Å². The molecule has 4 rings (SSSR count). The highest BCUT2D eigenvalue weighted by atomic mass is 32.2. The normalized spacial score (nSPS) is 17.6.